The molecule has 1 heterocycles. The Morgan fingerprint density at radius 3 is 2.68 bits per heavy atom. The van der Waals surface area contributed by atoms with Gasteiger partial charge in [0.15, 0.2) is 0 Å². The molecule has 1 unspecified atom stereocenters. The molecule has 0 aliphatic carbocycles. The average molecular weight is 297 g/mol. The Kier molecular flexibility index (Phi) is 5.09. The maximum absolute atomic E-state index is 5.90. The molecule has 3 heteroatoms. The Bertz CT molecular complexity index is 585. The highest BCUT2D eigenvalue weighted by atomic mass is 16.5. The van der Waals surface area contributed by atoms with Crippen LogP contribution in [0.25, 0.3) is 0 Å². The Hall–Kier alpha value is -1.84. The average Bonchev–Trinajstić information content (AvgIpc) is 2.96. The van der Waals surface area contributed by atoms with Crippen molar-refractivity contribution < 1.29 is 9.47 Å². The summed E-state index contributed by atoms with van der Waals surface area (Å²) in [5.41, 5.74) is 1.30. The van der Waals surface area contributed by atoms with Crippen LogP contribution in [0.4, 0.5) is 0 Å². The highest BCUT2D eigenvalue weighted by Gasteiger charge is 2.22. The van der Waals surface area contributed by atoms with Gasteiger partial charge in [0.2, 0.25) is 0 Å². The van der Waals surface area contributed by atoms with Crippen molar-refractivity contribution in [2.24, 2.45) is 5.92 Å². The van der Waals surface area contributed by atoms with E-state index in [-0.39, 0.29) is 0 Å². The van der Waals surface area contributed by atoms with Crippen LogP contribution in [0.1, 0.15) is 12.0 Å². The van der Waals surface area contributed by atoms with Gasteiger partial charge in [0.25, 0.3) is 0 Å². The normalized spacial score (nSPS) is 18.5. The van der Waals surface area contributed by atoms with Gasteiger partial charge in [-0.2, -0.15) is 0 Å². The van der Waals surface area contributed by atoms with E-state index in [2.05, 4.69) is 23.1 Å². The quantitative estimate of drug-likeness (QED) is 0.806. The lowest BCUT2D eigenvalue weighted by Crippen LogP contribution is -2.21. The summed E-state index contributed by atoms with van der Waals surface area (Å²) in [6.45, 7) is 4.12. The smallest absolute Gasteiger partial charge is 0.127 e. The van der Waals surface area contributed by atoms with Crippen LogP contribution in [0, 0.1) is 5.92 Å². The molecule has 2 aromatic rings. The number of nitrogens with zero attached hydrogens (tertiary/aromatic N) is 1. The second-order valence-electron chi connectivity index (χ2n) is 5.91. The number of rotatable bonds is 6. The summed E-state index contributed by atoms with van der Waals surface area (Å²) in [6.07, 6.45) is 1.23. The first-order chi connectivity index (χ1) is 10.8. The minimum Gasteiger partial charge on any atom is -0.457 e. The topological polar surface area (TPSA) is 21.7 Å². The van der Waals surface area contributed by atoms with E-state index in [4.69, 9.17) is 9.47 Å². The number of hydrogen-bond donors (Lipinski definition) is 0. The lowest BCUT2D eigenvalue weighted by atomic mass is 10.1. The summed E-state index contributed by atoms with van der Waals surface area (Å²) >= 11 is 0. The highest BCUT2D eigenvalue weighted by molar-refractivity contribution is 5.33. The maximum atomic E-state index is 5.90. The van der Waals surface area contributed by atoms with Crippen LogP contribution in [0.3, 0.4) is 0 Å². The lowest BCUT2D eigenvalue weighted by Gasteiger charge is -2.16. The van der Waals surface area contributed by atoms with Gasteiger partial charge in [-0.05, 0) is 48.7 Å². The Balaban J connectivity index is 1.60. The van der Waals surface area contributed by atoms with Gasteiger partial charge in [-0.1, -0.05) is 30.3 Å². The molecule has 1 aliphatic rings. The van der Waals surface area contributed by atoms with Gasteiger partial charge in [-0.3, -0.25) is 4.90 Å². The van der Waals surface area contributed by atoms with E-state index in [0.29, 0.717) is 5.92 Å². The predicted molar refractivity (Wildman–Crippen MR) is 88.2 cm³/mol. The molecular weight excluding hydrogens is 274 g/mol. The summed E-state index contributed by atoms with van der Waals surface area (Å²) in [7, 11) is 1.78. The molecule has 0 amide bonds. The molecule has 3 nitrogen and oxygen atoms in total. The molecule has 3 rings (SSSR count). The van der Waals surface area contributed by atoms with Crippen LogP contribution in [-0.4, -0.2) is 31.7 Å². The third-order valence-electron chi connectivity index (χ3n) is 4.06. The number of hydrogen-bond acceptors (Lipinski definition) is 3. The largest absolute Gasteiger partial charge is 0.457 e. The number of para-hydroxylation sites is 1. The number of ether oxygens (including phenoxy) is 2. The minimum atomic E-state index is 0.675. The number of likely N-dealkylation sites (tertiary alicyclic amines) is 1. The van der Waals surface area contributed by atoms with Crippen molar-refractivity contribution in [2.45, 2.75) is 13.0 Å². The van der Waals surface area contributed by atoms with Crippen LogP contribution in [-0.2, 0) is 11.3 Å². The molecule has 2 aromatic carbocycles. The summed E-state index contributed by atoms with van der Waals surface area (Å²) in [4.78, 5) is 2.49. The van der Waals surface area contributed by atoms with E-state index < -0.39 is 0 Å². The van der Waals surface area contributed by atoms with Gasteiger partial charge in [0.05, 0.1) is 6.61 Å². The Morgan fingerprint density at radius 1 is 1.05 bits per heavy atom. The fourth-order valence-corrected chi connectivity index (χ4v) is 3.02. The maximum Gasteiger partial charge on any atom is 0.127 e. The molecule has 0 bridgehead atoms. The zero-order chi connectivity index (χ0) is 15.2. The van der Waals surface area contributed by atoms with Gasteiger partial charge in [0.1, 0.15) is 11.5 Å². The van der Waals surface area contributed by atoms with Crippen molar-refractivity contribution in [1.82, 2.24) is 4.90 Å². The highest BCUT2D eigenvalue weighted by Crippen LogP contribution is 2.24. The molecule has 1 fully saturated rings. The second-order valence-corrected chi connectivity index (χ2v) is 5.91. The molecule has 0 saturated carbocycles. The van der Waals surface area contributed by atoms with Gasteiger partial charge in [-0.25, -0.2) is 0 Å². The summed E-state index contributed by atoms with van der Waals surface area (Å²) in [5, 5.41) is 0. The Morgan fingerprint density at radius 2 is 1.86 bits per heavy atom. The molecule has 0 spiro atoms. The van der Waals surface area contributed by atoms with Gasteiger partial charge < -0.3 is 9.47 Å². The van der Waals surface area contributed by atoms with Gasteiger partial charge >= 0.3 is 0 Å². The minimum absolute atomic E-state index is 0.675. The molecular formula is C19H23NO2. The van der Waals surface area contributed by atoms with Crippen molar-refractivity contribution in [2.75, 3.05) is 26.8 Å². The van der Waals surface area contributed by atoms with Gasteiger partial charge in [0, 0.05) is 20.2 Å². The van der Waals surface area contributed by atoms with Crippen LogP contribution < -0.4 is 4.74 Å². The first kappa shape index (κ1) is 15.1. The van der Waals surface area contributed by atoms with E-state index in [1.54, 1.807) is 7.11 Å². The molecule has 116 valence electrons. The molecule has 1 saturated heterocycles. The summed E-state index contributed by atoms with van der Waals surface area (Å²) in [5.74, 6) is 2.45. The fourth-order valence-electron chi connectivity index (χ4n) is 3.02. The van der Waals surface area contributed by atoms with Crippen molar-refractivity contribution in [1.29, 1.82) is 0 Å². The van der Waals surface area contributed by atoms with Gasteiger partial charge in [-0.15, -0.1) is 0 Å². The lowest BCUT2D eigenvalue weighted by molar-refractivity contribution is 0.152. The van der Waals surface area contributed by atoms with Crippen molar-refractivity contribution in [3.63, 3.8) is 0 Å². The SMILES string of the molecule is COCC1CCN(Cc2cccc(Oc3ccccc3)c2)C1. The van der Waals surface area contributed by atoms with E-state index in [9.17, 15) is 0 Å². The van der Waals surface area contributed by atoms with Crippen LogP contribution in [0.15, 0.2) is 54.6 Å². The van der Waals surface area contributed by atoms with Crippen LogP contribution >= 0.6 is 0 Å². The van der Waals surface area contributed by atoms with E-state index in [1.165, 1.54) is 12.0 Å². The van der Waals surface area contributed by atoms with E-state index >= 15 is 0 Å². The first-order valence-electron chi connectivity index (χ1n) is 7.86. The first-order valence-corrected chi connectivity index (χ1v) is 7.86. The zero-order valence-corrected chi connectivity index (χ0v) is 13.1. The standard InChI is InChI=1S/C19H23NO2/c1-21-15-17-10-11-20(14-17)13-16-6-5-9-19(12-16)22-18-7-3-2-4-8-18/h2-9,12,17H,10-11,13-15H2,1H3. The van der Waals surface area contributed by atoms with E-state index in [1.807, 2.05) is 36.4 Å². The van der Waals surface area contributed by atoms with E-state index in [0.717, 1.165) is 37.7 Å². The molecule has 22 heavy (non-hydrogen) atoms. The van der Waals surface area contributed by atoms with Crippen LogP contribution in [0.2, 0.25) is 0 Å². The van der Waals surface area contributed by atoms with Crippen molar-refractivity contribution in [3.05, 3.63) is 60.2 Å². The number of methoxy groups -OCH3 is 1. The zero-order valence-electron chi connectivity index (χ0n) is 13.1. The second kappa shape index (κ2) is 7.43. The summed E-state index contributed by atoms with van der Waals surface area (Å²) < 4.78 is 11.2. The van der Waals surface area contributed by atoms with Crippen molar-refractivity contribution >= 4 is 0 Å². The summed E-state index contributed by atoms with van der Waals surface area (Å²) in [6, 6.07) is 18.3. The third kappa shape index (κ3) is 4.09. The molecule has 0 radical (unpaired) electrons. The molecule has 1 aliphatic heterocycles. The Labute approximate surface area is 132 Å². The van der Waals surface area contributed by atoms with Crippen LogP contribution in [0.5, 0.6) is 11.5 Å². The molecule has 0 N–H and O–H groups in total. The third-order valence-corrected chi connectivity index (χ3v) is 4.06. The molecule has 1 atom stereocenters. The fraction of sp³-hybridized carbons (Fsp3) is 0.368. The predicted octanol–water partition coefficient (Wildman–Crippen LogP) is 3.95. The molecule has 0 aromatic heterocycles. The monoisotopic (exact) mass is 297 g/mol. The number of benzene rings is 2. The van der Waals surface area contributed by atoms with Crippen molar-refractivity contribution in [3.8, 4) is 11.5 Å².